The van der Waals surface area contributed by atoms with Gasteiger partial charge in [0, 0.05) is 0 Å². The molecule has 1 saturated heterocycles. The normalized spacial score (nSPS) is 23.8. The number of aliphatic hydroxyl groups excluding tert-OH is 1. The number of aromatic amines is 1. The zero-order valence-corrected chi connectivity index (χ0v) is 9.94. The van der Waals surface area contributed by atoms with Crippen LogP contribution in [0.25, 0.3) is 11.2 Å². The van der Waals surface area contributed by atoms with Gasteiger partial charge in [0.05, 0.1) is 26.1 Å². The standard InChI is InChI=1S/C10H13N5O4/c11-10-13-8-7(9(17)14-10)12-4-15(8)6-3-18-2-5(1-16)19-6/h4-6,16H,1-3H2,(H3,11,13,14,17). The van der Waals surface area contributed by atoms with Crippen LogP contribution in [0, 0.1) is 0 Å². The van der Waals surface area contributed by atoms with E-state index in [0.29, 0.717) is 12.3 Å². The molecule has 2 aromatic heterocycles. The summed E-state index contributed by atoms with van der Waals surface area (Å²) in [6.45, 7) is 0.478. The van der Waals surface area contributed by atoms with E-state index in [0.717, 1.165) is 0 Å². The van der Waals surface area contributed by atoms with E-state index in [4.69, 9.17) is 20.3 Å². The largest absolute Gasteiger partial charge is 0.394 e. The molecule has 1 aliphatic heterocycles. The maximum atomic E-state index is 11.7. The first-order valence-electron chi connectivity index (χ1n) is 5.75. The SMILES string of the molecule is Nc1nc2c(ncn2C2COCC(CO)O2)c(=O)[nH]1. The summed E-state index contributed by atoms with van der Waals surface area (Å²) in [5.74, 6) is 0.00897. The lowest BCUT2D eigenvalue weighted by Crippen LogP contribution is -2.36. The average Bonchev–Trinajstić information content (AvgIpc) is 2.82. The molecule has 1 aliphatic rings. The molecule has 0 aliphatic carbocycles. The quantitative estimate of drug-likeness (QED) is 0.610. The Hall–Kier alpha value is -1.97. The Morgan fingerprint density at radius 1 is 1.58 bits per heavy atom. The molecule has 0 bridgehead atoms. The number of nitrogens with one attached hydrogen (secondary N) is 1. The van der Waals surface area contributed by atoms with Gasteiger partial charge in [0.1, 0.15) is 6.10 Å². The first kappa shape index (κ1) is 12.1. The van der Waals surface area contributed by atoms with Crippen LogP contribution in [0.1, 0.15) is 6.23 Å². The second-order valence-electron chi connectivity index (χ2n) is 4.21. The van der Waals surface area contributed by atoms with Gasteiger partial charge < -0.3 is 20.3 Å². The summed E-state index contributed by atoms with van der Waals surface area (Å²) in [5, 5.41) is 9.09. The number of nitrogens with two attached hydrogens (primary N) is 1. The molecule has 3 heterocycles. The molecular formula is C10H13N5O4. The lowest BCUT2D eigenvalue weighted by molar-refractivity contribution is -0.177. The summed E-state index contributed by atoms with van der Waals surface area (Å²) in [4.78, 5) is 22.1. The predicted molar refractivity (Wildman–Crippen MR) is 64.4 cm³/mol. The number of nitrogen functional groups attached to an aromatic ring is 1. The van der Waals surface area contributed by atoms with Crippen molar-refractivity contribution in [1.29, 1.82) is 0 Å². The van der Waals surface area contributed by atoms with Crippen molar-refractivity contribution in [2.45, 2.75) is 12.3 Å². The van der Waals surface area contributed by atoms with Gasteiger partial charge in [-0.15, -0.1) is 0 Å². The van der Waals surface area contributed by atoms with Crippen LogP contribution in [-0.2, 0) is 9.47 Å². The van der Waals surface area contributed by atoms with E-state index in [-0.39, 0.29) is 24.7 Å². The maximum Gasteiger partial charge on any atom is 0.280 e. The highest BCUT2D eigenvalue weighted by molar-refractivity contribution is 5.70. The molecule has 3 rings (SSSR count). The smallest absolute Gasteiger partial charge is 0.280 e. The average molecular weight is 267 g/mol. The molecule has 9 nitrogen and oxygen atoms in total. The Labute approximate surface area is 107 Å². The van der Waals surface area contributed by atoms with Gasteiger partial charge in [-0.2, -0.15) is 4.98 Å². The van der Waals surface area contributed by atoms with Crippen LogP contribution in [0.2, 0.25) is 0 Å². The molecule has 4 N–H and O–H groups in total. The van der Waals surface area contributed by atoms with Gasteiger partial charge in [0.15, 0.2) is 17.4 Å². The lowest BCUT2D eigenvalue weighted by Gasteiger charge is -2.29. The number of hydrogen-bond donors (Lipinski definition) is 3. The van der Waals surface area contributed by atoms with Gasteiger partial charge in [-0.1, -0.05) is 0 Å². The van der Waals surface area contributed by atoms with Gasteiger partial charge in [0.25, 0.3) is 5.56 Å². The van der Waals surface area contributed by atoms with Crippen LogP contribution < -0.4 is 11.3 Å². The number of aliphatic hydroxyl groups is 1. The second kappa shape index (κ2) is 4.61. The van der Waals surface area contributed by atoms with Crippen LogP contribution >= 0.6 is 0 Å². The number of nitrogens with zero attached hydrogens (tertiary/aromatic N) is 3. The van der Waals surface area contributed by atoms with Crippen molar-refractivity contribution < 1.29 is 14.6 Å². The number of imidazole rings is 1. The topological polar surface area (TPSA) is 128 Å². The van der Waals surface area contributed by atoms with E-state index in [2.05, 4.69) is 15.0 Å². The van der Waals surface area contributed by atoms with Crippen molar-refractivity contribution in [2.24, 2.45) is 0 Å². The van der Waals surface area contributed by atoms with Crippen LogP contribution in [0.4, 0.5) is 5.95 Å². The van der Waals surface area contributed by atoms with E-state index < -0.39 is 17.9 Å². The summed E-state index contributed by atoms with van der Waals surface area (Å²) in [6.07, 6.45) is 0.542. The molecule has 0 spiro atoms. The number of fused-ring (bicyclic) bond motifs is 1. The fourth-order valence-electron chi connectivity index (χ4n) is 2.00. The monoisotopic (exact) mass is 267 g/mol. The summed E-state index contributed by atoms with van der Waals surface area (Å²) in [6, 6.07) is 0. The van der Waals surface area contributed by atoms with E-state index in [1.54, 1.807) is 4.57 Å². The van der Waals surface area contributed by atoms with Gasteiger partial charge in [-0.05, 0) is 0 Å². The van der Waals surface area contributed by atoms with Gasteiger partial charge in [-0.25, -0.2) is 4.98 Å². The van der Waals surface area contributed by atoms with Crippen molar-refractivity contribution in [3.05, 3.63) is 16.7 Å². The third-order valence-corrected chi connectivity index (χ3v) is 2.88. The molecule has 9 heteroatoms. The molecule has 0 radical (unpaired) electrons. The van der Waals surface area contributed by atoms with Crippen LogP contribution in [-0.4, -0.2) is 50.6 Å². The summed E-state index contributed by atoms with van der Waals surface area (Å²) < 4.78 is 12.5. The van der Waals surface area contributed by atoms with Gasteiger partial charge >= 0.3 is 0 Å². The van der Waals surface area contributed by atoms with Crippen molar-refractivity contribution in [2.75, 3.05) is 25.6 Å². The number of ether oxygens (including phenoxy) is 2. The number of anilines is 1. The lowest BCUT2D eigenvalue weighted by atomic mass is 10.3. The number of hydrogen-bond acceptors (Lipinski definition) is 7. The fourth-order valence-corrected chi connectivity index (χ4v) is 2.00. The van der Waals surface area contributed by atoms with Crippen molar-refractivity contribution >= 4 is 17.1 Å². The zero-order valence-electron chi connectivity index (χ0n) is 9.94. The van der Waals surface area contributed by atoms with E-state index in [1.165, 1.54) is 6.33 Å². The van der Waals surface area contributed by atoms with Crippen LogP contribution in [0.5, 0.6) is 0 Å². The molecule has 2 unspecified atom stereocenters. The Morgan fingerprint density at radius 3 is 3.21 bits per heavy atom. The highest BCUT2D eigenvalue weighted by Crippen LogP contribution is 2.20. The van der Waals surface area contributed by atoms with E-state index in [1.807, 2.05) is 0 Å². The molecular weight excluding hydrogens is 254 g/mol. The number of rotatable bonds is 2. The van der Waals surface area contributed by atoms with Crippen LogP contribution in [0.3, 0.4) is 0 Å². The van der Waals surface area contributed by atoms with Crippen molar-refractivity contribution in [1.82, 2.24) is 19.5 Å². The summed E-state index contributed by atoms with van der Waals surface area (Å²) >= 11 is 0. The Bertz CT molecular complexity index is 651. The van der Waals surface area contributed by atoms with Crippen LogP contribution in [0.15, 0.2) is 11.1 Å². The summed E-state index contributed by atoms with van der Waals surface area (Å²) in [5.41, 5.74) is 5.62. The summed E-state index contributed by atoms with van der Waals surface area (Å²) in [7, 11) is 0. The molecule has 1 fully saturated rings. The number of aromatic nitrogens is 4. The van der Waals surface area contributed by atoms with Gasteiger partial charge in [-0.3, -0.25) is 14.3 Å². The zero-order chi connectivity index (χ0) is 13.4. The molecule has 0 saturated carbocycles. The first-order chi connectivity index (χ1) is 9.19. The molecule has 102 valence electrons. The van der Waals surface area contributed by atoms with E-state index >= 15 is 0 Å². The van der Waals surface area contributed by atoms with Crippen molar-refractivity contribution in [3.8, 4) is 0 Å². The minimum atomic E-state index is -0.496. The third kappa shape index (κ3) is 2.07. The fraction of sp³-hybridized carbons (Fsp3) is 0.500. The molecule has 0 amide bonds. The number of H-pyrrole nitrogens is 1. The Balaban J connectivity index is 2.03. The first-order valence-corrected chi connectivity index (χ1v) is 5.75. The Morgan fingerprint density at radius 2 is 2.42 bits per heavy atom. The molecule has 2 aromatic rings. The highest BCUT2D eigenvalue weighted by atomic mass is 16.6. The molecule has 2 atom stereocenters. The molecule has 0 aromatic carbocycles. The van der Waals surface area contributed by atoms with Crippen molar-refractivity contribution in [3.63, 3.8) is 0 Å². The highest BCUT2D eigenvalue weighted by Gasteiger charge is 2.25. The minimum absolute atomic E-state index is 0.00897. The Kier molecular flexibility index (Phi) is 2.93. The van der Waals surface area contributed by atoms with Gasteiger partial charge in [0.2, 0.25) is 5.95 Å². The second-order valence-corrected chi connectivity index (χ2v) is 4.21. The third-order valence-electron chi connectivity index (χ3n) is 2.88. The maximum absolute atomic E-state index is 11.7. The minimum Gasteiger partial charge on any atom is -0.394 e. The molecule has 19 heavy (non-hydrogen) atoms. The predicted octanol–water partition coefficient (Wildman–Crippen LogP) is -1.39. The van der Waals surface area contributed by atoms with E-state index in [9.17, 15) is 4.79 Å².